The predicted molar refractivity (Wildman–Crippen MR) is 108 cm³/mol. The van der Waals surface area contributed by atoms with Gasteiger partial charge in [0.1, 0.15) is 12.4 Å². The Morgan fingerprint density at radius 3 is 2.89 bits per heavy atom. The summed E-state index contributed by atoms with van der Waals surface area (Å²) in [5, 5.41) is 9.85. The Bertz CT molecular complexity index is 1020. The summed E-state index contributed by atoms with van der Waals surface area (Å²) in [4.78, 5) is 29.1. The van der Waals surface area contributed by atoms with Crippen LogP contribution in [0, 0.1) is 0 Å². The molecule has 3 aromatic rings. The third-order valence-electron chi connectivity index (χ3n) is 4.58. The van der Waals surface area contributed by atoms with Crippen LogP contribution in [0.25, 0.3) is 0 Å². The van der Waals surface area contributed by atoms with E-state index in [0.29, 0.717) is 19.4 Å². The first kappa shape index (κ1) is 18.4. The Morgan fingerprint density at radius 2 is 2.07 bits per heavy atom. The first-order valence-electron chi connectivity index (χ1n) is 8.92. The molecule has 0 fully saturated rings. The maximum Gasteiger partial charge on any atom is 0.291 e. The molecular weight excluding hydrogens is 422 g/mol. The van der Waals surface area contributed by atoms with Gasteiger partial charge in [0.25, 0.3) is 5.91 Å². The third-order valence-corrected chi connectivity index (χ3v) is 5.07. The number of fused-ring (bicyclic) bond motifs is 1. The number of rotatable bonds is 4. The molecule has 8 heteroatoms. The molecule has 2 heterocycles. The Balaban J connectivity index is 1.42. The van der Waals surface area contributed by atoms with Crippen LogP contribution in [0.4, 0.5) is 5.69 Å². The smallest absolute Gasteiger partial charge is 0.291 e. The van der Waals surface area contributed by atoms with Crippen LogP contribution in [-0.2, 0) is 17.8 Å². The number of halogens is 1. The molecule has 0 saturated heterocycles. The third kappa shape index (κ3) is 4.12. The SMILES string of the molecule is O=C(N[C@@H]1CCc2cc(Br)ccc2NC1=O)c1ncn(Cc2ccccc2)n1. The average molecular weight is 440 g/mol. The summed E-state index contributed by atoms with van der Waals surface area (Å²) >= 11 is 3.44. The largest absolute Gasteiger partial charge is 0.337 e. The summed E-state index contributed by atoms with van der Waals surface area (Å²) in [7, 11) is 0. The summed E-state index contributed by atoms with van der Waals surface area (Å²) < 4.78 is 2.56. The van der Waals surface area contributed by atoms with E-state index < -0.39 is 11.9 Å². The van der Waals surface area contributed by atoms with Crippen LogP contribution in [-0.4, -0.2) is 32.6 Å². The fraction of sp³-hybridized carbons (Fsp3) is 0.200. The Kier molecular flexibility index (Phi) is 5.21. The lowest BCUT2D eigenvalue weighted by Crippen LogP contribution is -2.43. The van der Waals surface area contributed by atoms with E-state index in [1.54, 1.807) is 4.68 Å². The molecule has 2 aromatic carbocycles. The lowest BCUT2D eigenvalue weighted by Gasteiger charge is -2.14. The molecule has 2 N–H and O–H groups in total. The molecule has 1 aliphatic heterocycles. The van der Waals surface area contributed by atoms with Gasteiger partial charge in [-0.2, -0.15) is 0 Å². The van der Waals surface area contributed by atoms with Crippen LogP contribution >= 0.6 is 15.9 Å². The van der Waals surface area contributed by atoms with Gasteiger partial charge in [-0.3, -0.25) is 9.59 Å². The van der Waals surface area contributed by atoms with Crippen molar-refractivity contribution in [3.8, 4) is 0 Å². The first-order valence-corrected chi connectivity index (χ1v) is 9.71. The molecule has 1 aromatic heterocycles. The minimum Gasteiger partial charge on any atom is -0.337 e. The highest BCUT2D eigenvalue weighted by atomic mass is 79.9. The maximum atomic E-state index is 12.5. The number of aryl methyl sites for hydroxylation is 1. The molecule has 0 radical (unpaired) electrons. The van der Waals surface area contributed by atoms with Crippen molar-refractivity contribution in [1.29, 1.82) is 0 Å². The molecule has 1 atom stereocenters. The molecule has 0 spiro atoms. The van der Waals surface area contributed by atoms with Gasteiger partial charge in [-0.1, -0.05) is 46.3 Å². The zero-order valence-corrected chi connectivity index (χ0v) is 16.5. The molecule has 0 saturated carbocycles. The molecule has 7 nitrogen and oxygen atoms in total. The van der Waals surface area contributed by atoms with E-state index in [9.17, 15) is 9.59 Å². The minimum absolute atomic E-state index is 0.0493. The minimum atomic E-state index is -0.639. The lowest BCUT2D eigenvalue weighted by atomic mass is 10.1. The summed E-state index contributed by atoms with van der Waals surface area (Å²) in [5.74, 6) is -0.648. The van der Waals surface area contributed by atoms with E-state index in [4.69, 9.17) is 0 Å². The van der Waals surface area contributed by atoms with Gasteiger partial charge in [0, 0.05) is 10.2 Å². The second-order valence-corrected chi connectivity index (χ2v) is 7.52. The van der Waals surface area contributed by atoms with Gasteiger partial charge in [-0.05, 0) is 42.2 Å². The fourth-order valence-electron chi connectivity index (χ4n) is 3.15. The van der Waals surface area contributed by atoms with Crippen molar-refractivity contribution in [3.05, 3.63) is 76.3 Å². The Labute approximate surface area is 170 Å². The van der Waals surface area contributed by atoms with Crippen molar-refractivity contribution in [2.45, 2.75) is 25.4 Å². The van der Waals surface area contributed by atoms with E-state index in [1.165, 1.54) is 6.33 Å². The zero-order chi connectivity index (χ0) is 19.5. The van der Waals surface area contributed by atoms with E-state index in [-0.39, 0.29) is 11.7 Å². The summed E-state index contributed by atoms with van der Waals surface area (Å²) in [6, 6.07) is 14.9. The molecule has 0 bridgehead atoms. The summed E-state index contributed by atoms with van der Waals surface area (Å²) in [6.45, 7) is 0.523. The number of amides is 2. The molecule has 0 unspecified atom stereocenters. The number of hydrogen-bond acceptors (Lipinski definition) is 4. The summed E-state index contributed by atoms with van der Waals surface area (Å²) in [6.07, 6.45) is 2.70. The number of anilines is 1. The standard InChI is InChI=1S/C20H18BrN5O2/c21-15-7-9-16-14(10-15)6-8-17(19(27)23-16)24-20(28)18-22-12-26(25-18)11-13-4-2-1-3-5-13/h1-5,7,9-10,12,17H,6,8,11H2,(H,23,27)(H,24,28)/t17-/m1/s1. The van der Waals surface area contributed by atoms with Gasteiger partial charge in [0.2, 0.25) is 11.7 Å². The molecular formula is C20H18BrN5O2. The lowest BCUT2D eigenvalue weighted by molar-refractivity contribution is -0.118. The van der Waals surface area contributed by atoms with Crippen molar-refractivity contribution < 1.29 is 9.59 Å². The predicted octanol–water partition coefficient (Wildman–Crippen LogP) is 2.77. The number of nitrogens with one attached hydrogen (secondary N) is 2. The number of aromatic nitrogens is 3. The molecule has 28 heavy (non-hydrogen) atoms. The van der Waals surface area contributed by atoms with Crippen LogP contribution in [0.2, 0.25) is 0 Å². The van der Waals surface area contributed by atoms with E-state index in [2.05, 4.69) is 36.6 Å². The van der Waals surface area contributed by atoms with Crippen molar-refractivity contribution in [2.24, 2.45) is 0 Å². The quantitative estimate of drug-likeness (QED) is 0.653. The highest BCUT2D eigenvalue weighted by molar-refractivity contribution is 9.10. The number of hydrogen-bond donors (Lipinski definition) is 2. The average Bonchev–Trinajstić information content (AvgIpc) is 3.10. The van der Waals surface area contributed by atoms with Gasteiger partial charge < -0.3 is 10.6 Å². The fourth-order valence-corrected chi connectivity index (χ4v) is 3.56. The topological polar surface area (TPSA) is 88.9 Å². The molecule has 1 aliphatic rings. The van der Waals surface area contributed by atoms with Crippen LogP contribution in [0.1, 0.15) is 28.2 Å². The van der Waals surface area contributed by atoms with Crippen molar-refractivity contribution in [2.75, 3.05) is 5.32 Å². The van der Waals surface area contributed by atoms with Gasteiger partial charge in [0.05, 0.1) is 6.54 Å². The normalized spacial score (nSPS) is 16.0. The van der Waals surface area contributed by atoms with Gasteiger partial charge in [-0.15, -0.1) is 5.10 Å². The van der Waals surface area contributed by atoms with Gasteiger partial charge in [-0.25, -0.2) is 9.67 Å². The van der Waals surface area contributed by atoms with Crippen LogP contribution in [0.5, 0.6) is 0 Å². The second-order valence-electron chi connectivity index (χ2n) is 6.61. The van der Waals surface area contributed by atoms with Crippen molar-refractivity contribution in [1.82, 2.24) is 20.1 Å². The Morgan fingerprint density at radius 1 is 1.25 bits per heavy atom. The Hall–Kier alpha value is -3.00. The summed E-state index contributed by atoms with van der Waals surface area (Å²) in [5.41, 5.74) is 2.87. The maximum absolute atomic E-state index is 12.5. The number of carbonyl (C=O) groups excluding carboxylic acids is 2. The highest BCUT2D eigenvalue weighted by Crippen LogP contribution is 2.25. The molecule has 0 aliphatic carbocycles. The van der Waals surface area contributed by atoms with Crippen LogP contribution in [0.15, 0.2) is 59.3 Å². The molecule has 142 valence electrons. The van der Waals surface area contributed by atoms with Crippen LogP contribution in [0.3, 0.4) is 0 Å². The monoisotopic (exact) mass is 439 g/mol. The number of nitrogens with zero attached hydrogens (tertiary/aromatic N) is 3. The van der Waals surface area contributed by atoms with E-state index in [0.717, 1.165) is 21.3 Å². The zero-order valence-electron chi connectivity index (χ0n) is 14.9. The first-order chi connectivity index (χ1) is 13.6. The van der Waals surface area contributed by atoms with Crippen LogP contribution < -0.4 is 10.6 Å². The van der Waals surface area contributed by atoms with Crippen molar-refractivity contribution >= 4 is 33.4 Å². The number of benzene rings is 2. The number of carbonyl (C=O) groups is 2. The molecule has 2 amide bonds. The van der Waals surface area contributed by atoms with Crippen molar-refractivity contribution in [3.63, 3.8) is 0 Å². The van der Waals surface area contributed by atoms with E-state index in [1.807, 2.05) is 48.5 Å². The van der Waals surface area contributed by atoms with E-state index >= 15 is 0 Å². The molecule has 4 rings (SSSR count). The second kappa shape index (κ2) is 7.93. The van der Waals surface area contributed by atoms with Gasteiger partial charge >= 0.3 is 0 Å². The van der Waals surface area contributed by atoms with Gasteiger partial charge in [0.15, 0.2) is 0 Å². The highest BCUT2D eigenvalue weighted by Gasteiger charge is 2.26.